The highest BCUT2D eigenvalue weighted by atomic mass is 35.5. The highest BCUT2D eigenvalue weighted by Gasteiger charge is 2.39. The van der Waals surface area contributed by atoms with Crippen LogP contribution in [-0.2, 0) is 9.53 Å². The fraction of sp³-hybridized carbons (Fsp3) is 0.562. The van der Waals surface area contributed by atoms with Gasteiger partial charge in [-0.15, -0.1) is 12.4 Å². The molecule has 0 unspecified atom stereocenters. The molecule has 0 spiro atoms. The second-order valence-electron chi connectivity index (χ2n) is 5.38. The zero-order chi connectivity index (χ0) is 15.0. The van der Waals surface area contributed by atoms with E-state index in [1.807, 2.05) is 30.3 Å². The molecule has 1 aromatic rings. The van der Waals surface area contributed by atoms with Crippen molar-refractivity contribution in [1.29, 1.82) is 0 Å². The number of nitrogens with one attached hydrogen (secondary N) is 2. The van der Waals surface area contributed by atoms with Gasteiger partial charge in [0.15, 0.2) is 0 Å². The van der Waals surface area contributed by atoms with Crippen molar-refractivity contribution in [2.24, 2.45) is 5.41 Å². The van der Waals surface area contributed by atoms with Crippen molar-refractivity contribution in [3.8, 4) is 5.75 Å². The molecule has 2 rings (SSSR count). The molecule has 1 amide bonds. The van der Waals surface area contributed by atoms with E-state index >= 15 is 0 Å². The van der Waals surface area contributed by atoms with Gasteiger partial charge in [-0.1, -0.05) is 18.2 Å². The summed E-state index contributed by atoms with van der Waals surface area (Å²) in [6, 6.07) is 9.61. The average Bonchev–Trinajstić information content (AvgIpc) is 2.53. The van der Waals surface area contributed by atoms with E-state index in [2.05, 4.69) is 10.6 Å². The van der Waals surface area contributed by atoms with Gasteiger partial charge in [0.25, 0.3) is 0 Å². The Morgan fingerprint density at radius 3 is 2.59 bits per heavy atom. The van der Waals surface area contributed by atoms with Crippen molar-refractivity contribution in [2.45, 2.75) is 12.8 Å². The quantitative estimate of drug-likeness (QED) is 0.747. The summed E-state index contributed by atoms with van der Waals surface area (Å²) in [5.74, 6) is 0.891. The molecule has 1 heterocycles. The Balaban J connectivity index is 0.00000242. The molecule has 0 aliphatic carbocycles. The molecule has 1 saturated heterocycles. The van der Waals surface area contributed by atoms with Crippen molar-refractivity contribution in [1.82, 2.24) is 10.6 Å². The Labute approximate surface area is 138 Å². The Bertz CT molecular complexity index is 431. The number of halogens is 1. The molecule has 6 heteroatoms. The van der Waals surface area contributed by atoms with Gasteiger partial charge in [0.2, 0.25) is 5.91 Å². The normalized spacial score (nSPS) is 16.4. The smallest absolute Gasteiger partial charge is 0.228 e. The monoisotopic (exact) mass is 328 g/mol. The number of para-hydroxylation sites is 1. The number of hydrogen-bond donors (Lipinski definition) is 2. The lowest BCUT2D eigenvalue weighted by atomic mass is 9.78. The molecule has 0 saturated carbocycles. The number of rotatable bonds is 7. The molecule has 1 aliphatic heterocycles. The summed E-state index contributed by atoms with van der Waals surface area (Å²) >= 11 is 0. The van der Waals surface area contributed by atoms with Crippen LogP contribution in [0.3, 0.4) is 0 Å². The zero-order valence-corrected chi connectivity index (χ0v) is 13.8. The van der Waals surface area contributed by atoms with Crippen LogP contribution in [0.15, 0.2) is 30.3 Å². The summed E-state index contributed by atoms with van der Waals surface area (Å²) in [5.41, 5.74) is -0.396. The second-order valence-corrected chi connectivity index (χ2v) is 5.38. The molecule has 124 valence electrons. The van der Waals surface area contributed by atoms with Crippen molar-refractivity contribution >= 4 is 18.3 Å². The van der Waals surface area contributed by atoms with Crippen LogP contribution >= 0.6 is 12.4 Å². The standard InChI is InChI=1S/C16H24N2O3.ClH/c1-20-13-16(7-9-17-10-8-16)15(19)18-11-12-21-14-5-3-2-4-6-14;/h2-6,17H,7-13H2,1H3,(H,18,19);1H. The molecule has 1 fully saturated rings. The predicted molar refractivity (Wildman–Crippen MR) is 88.6 cm³/mol. The lowest BCUT2D eigenvalue weighted by Gasteiger charge is -2.35. The summed E-state index contributed by atoms with van der Waals surface area (Å²) in [5, 5.41) is 6.26. The van der Waals surface area contributed by atoms with E-state index in [-0.39, 0.29) is 18.3 Å². The molecular formula is C16H25ClN2O3. The summed E-state index contributed by atoms with van der Waals surface area (Å²) in [6.07, 6.45) is 1.62. The van der Waals surface area contributed by atoms with Gasteiger partial charge in [0.05, 0.1) is 18.6 Å². The third kappa shape index (κ3) is 5.16. The molecule has 0 radical (unpaired) electrons. The second kappa shape index (κ2) is 9.66. The van der Waals surface area contributed by atoms with E-state index in [9.17, 15) is 4.79 Å². The minimum atomic E-state index is -0.396. The lowest BCUT2D eigenvalue weighted by molar-refractivity contribution is -0.136. The van der Waals surface area contributed by atoms with Crippen molar-refractivity contribution in [3.05, 3.63) is 30.3 Å². The molecule has 5 nitrogen and oxygen atoms in total. The maximum atomic E-state index is 12.4. The van der Waals surface area contributed by atoms with E-state index in [1.165, 1.54) is 0 Å². The first kappa shape index (κ1) is 18.7. The van der Waals surface area contributed by atoms with Crippen LogP contribution in [-0.4, -0.2) is 45.9 Å². The van der Waals surface area contributed by atoms with E-state index in [0.29, 0.717) is 19.8 Å². The Morgan fingerprint density at radius 2 is 1.95 bits per heavy atom. The van der Waals surface area contributed by atoms with Crippen LogP contribution < -0.4 is 15.4 Å². The van der Waals surface area contributed by atoms with Crippen LogP contribution in [0.5, 0.6) is 5.75 Å². The Morgan fingerprint density at radius 1 is 1.27 bits per heavy atom. The number of amides is 1. The first-order chi connectivity index (χ1) is 10.3. The van der Waals surface area contributed by atoms with Crippen LogP contribution in [0.2, 0.25) is 0 Å². The van der Waals surface area contributed by atoms with Gasteiger partial charge in [-0.2, -0.15) is 0 Å². The fourth-order valence-corrected chi connectivity index (χ4v) is 2.66. The van der Waals surface area contributed by atoms with Gasteiger partial charge >= 0.3 is 0 Å². The van der Waals surface area contributed by atoms with Gasteiger partial charge < -0.3 is 20.1 Å². The summed E-state index contributed by atoms with van der Waals surface area (Å²) in [7, 11) is 1.65. The zero-order valence-electron chi connectivity index (χ0n) is 13.0. The number of benzene rings is 1. The van der Waals surface area contributed by atoms with Crippen LogP contribution in [0.1, 0.15) is 12.8 Å². The maximum absolute atomic E-state index is 12.4. The van der Waals surface area contributed by atoms with E-state index in [4.69, 9.17) is 9.47 Å². The maximum Gasteiger partial charge on any atom is 0.228 e. The molecule has 1 aliphatic rings. The SMILES string of the molecule is COCC1(C(=O)NCCOc2ccccc2)CCNCC1.Cl. The van der Waals surface area contributed by atoms with Gasteiger partial charge in [0, 0.05) is 7.11 Å². The van der Waals surface area contributed by atoms with Crippen molar-refractivity contribution in [2.75, 3.05) is 40.0 Å². The lowest BCUT2D eigenvalue weighted by Crippen LogP contribution is -2.50. The Kier molecular flexibility index (Phi) is 8.24. The molecular weight excluding hydrogens is 304 g/mol. The number of methoxy groups -OCH3 is 1. The highest BCUT2D eigenvalue weighted by molar-refractivity contribution is 5.85. The summed E-state index contributed by atoms with van der Waals surface area (Å²) in [4.78, 5) is 12.4. The molecule has 22 heavy (non-hydrogen) atoms. The minimum Gasteiger partial charge on any atom is -0.492 e. The average molecular weight is 329 g/mol. The minimum absolute atomic E-state index is 0. The number of piperidine rings is 1. The van der Waals surface area contributed by atoms with Crippen molar-refractivity contribution in [3.63, 3.8) is 0 Å². The number of ether oxygens (including phenoxy) is 2. The highest BCUT2D eigenvalue weighted by Crippen LogP contribution is 2.29. The van der Waals surface area contributed by atoms with Gasteiger partial charge in [0.1, 0.15) is 12.4 Å². The first-order valence-electron chi connectivity index (χ1n) is 7.43. The molecule has 1 aromatic carbocycles. The first-order valence-corrected chi connectivity index (χ1v) is 7.43. The molecule has 0 aromatic heterocycles. The number of carbonyl (C=O) groups is 1. The number of hydrogen-bond acceptors (Lipinski definition) is 4. The summed E-state index contributed by atoms with van der Waals surface area (Å²) < 4.78 is 10.8. The van der Waals surface area contributed by atoms with E-state index < -0.39 is 5.41 Å². The predicted octanol–water partition coefficient (Wildman–Crippen LogP) is 1.62. The number of carbonyl (C=O) groups excluding carboxylic acids is 1. The summed E-state index contributed by atoms with van der Waals surface area (Å²) in [6.45, 7) is 3.17. The van der Waals surface area contributed by atoms with E-state index in [0.717, 1.165) is 31.7 Å². The van der Waals surface area contributed by atoms with Crippen molar-refractivity contribution < 1.29 is 14.3 Å². The van der Waals surface area contributed by atoms with Crippen LogP contribution in [0.4, 0.5) is 0 Å². The van der Waals surface area contributed by atoms with Gasteiger partial charge in [-0.05, 0) is 38.1 Å². The topological polar surface area (TPSA) is 59.6 Å². The molecule has 2 N–H and O–H groups in total. The fourth-order valence-electron chi connectivity index (χ4n) is 2.66. The van der Waals surface area contributed by atoms with Crippen LogP contribution in [0.25, 0.3) is 0 Å². The van der Waals surface area contributed by atoms with Gasteiger partial charge in [-0.25, -0.2) is 0 Å². The largest absolute Gasteiger partial charge is 0.492 e. The molecule has 0 bridgehead atoms. The van der Waals surface area contributed by atoms with Gasteiger partial charge in [-0.3, -0.25) is 4.79 Å². The Hall–Kier alpha value is -1.30. The molecule has 0 atom stereocenters. The third-order valence-electron chi connectivity index (χ3n) is 3.86. The third-order valence-corrected chi connectivity index (χ3v) is 3.86. The van der Waals surface area contributed by atoms with Crippen LogP contribution in [0, 0.1) is 5.41 Å². The van der Waals surface area contributed by atoms with E-state index in [1.54, 1.807) is 7.11 Å².